The van der Waals surface area contributed by atoms with E-state index in [0.29, 0.717) is 23.9 Å². The van der Waals surface area contributed by atoms with Gasteiger partial charge in [-0.1, -0.05) is 13.8 Å². The molecule has 0 aliphatic rings. The van der Waals surface area contributed by atoms with Gasteiger partial charge in [-0.25, -0.2) is 0 Å². The smallest absolute Gasteiger partial charge is 0.257 e. The van der Waals surface area contributed by atoms with Gasteiger partial charge >= 0.3 is 0 Å². The average Bonchev–Trinajstić information content (AvgIpc) is 2.30. The van der Waals surface area contributed by atoms with Crippen molar-refractivity contribution < 1.29 is 9.53 Å². The molecule has 5 heteroatoms. The summed E-state index contributed by atoms with van der Waals surface area (Å²) in [6.45, 7) is 4.91. The summed E-state index contributed by atoms with van der Waals surface area (Å²) in [6.07, 6.45) is 0.966. The molecule has 0 saturated heterocycles. The molecule has 0 spiro atoms. The zero-order valence-electron chi connectivity index (χ0n) is 10.7. The third-order valence-corrected chi connectivity index (χ3v) is 3.01. The summed E-state index contributed by atoms with van der Waals surface area (Å²) < 4.78 is 6.18. The largest absolute Gasteiger partial charge is 0.483 e. The first kappa shape index (κ1) is 14.8. The highest BCUT2D eigenvalue weighted by Gasteiger charge is 2.06. The summed E-state index contributed by atoms with van der Waals surface area (Å²) in [5.41, 5.74) is 6.25. The van der Waals surface area contributed by atoms with E-state index in [4.69, 9.17) is 10.5 Å². The lowest BCUT2D eigenvalue weighted by Gasteiger charge is -2.10. The van der Waals surface area contributed by atoms with Gasteiger partial charge < -0.3 is 15.8 Å². The van der Waals surface area contributed by atoms with Crippen LogP contribution in [-0.2, 0) is 4.79 Å². The molecule has 1 aromatic carbocycles. The molecule has 0 radical (unpaired) electrons. The molecule has 0 fully saturated rings. The Bertz CT molecular complexity index is 408. The van der Waals surface area contributed by atoms with Crippen LogP contribution in [-0.4, -0.2) is 19.1 Å². The number of carbonyl (C=O) groups is 1. The summed E-state index contributed by atoms with van der Waals surface area (Å²) in [6, 6.07) is 5.24. The van der Waals surface area contributed by atoms with Crippen LogP contribution >= 0.6 is 15.9 Å². The van der Waals surface area contributed by atoms with Crippen molar-refractivity contribution in [2.24, 2.45) is 5.92 Å². The molecule has 0 unspecified atom stereocenters. The Labute approximate surface area is 116 Å². The molecule has 0 atom stereocenters. The fourth-order valence-electron chi connectivity index (χ4n) is 1.33. The molecule has 1 aromatic rings. The van der Waals surface area contributed by atoms with Gasteiger partial charge in [0.15, 0.2) is 6.61 Å². The first-order chi connectivity index (χ1) is 8.49. The minimum atomic E-state index is -0.120. The number of hydrogen-bond acceptors (Lipinski definition) is 3. The van der Waals surface area contributed by atoms with E-state index in [0.717, 1.165) is 10.9 Å². The molecule has 0 aromatic heterocycles. The number of nitrogens with one attached hydrogen (secondary N) is 1. The van der Waals surface area contributed by atoms with E-state index in [-0.39, 0.29) is 12.5 Å². The maximum absolute atomic E-state index is 11.5. The predicted molar refractivity (Wildman–Crippen MR) is 76.5 cm³/mol. The highest BCUT2D eigenvalue weighted by molar-refractivity contribution is 9.10. The van der Waals surface area contributed by atoms with Crippen molar-refractivity contribution in [1.82, 2.24) is 5.32 Å². The predicted octanol–water partition coefficient (Wildman–Crippen LogP) is 2.57. The molecule has 1 amide bonds. The molecular weight excluding hydrogens is 296 g/mol. The van der Waals surface area contributed by atoms with Gasteiger partial charge in [-0.2, -0.15) is 0 Å². The number of carbonyl (C=O) groups excluding carboxylic acids is 1. The van der Waals surface area contributed by atoms with Gasteiger partial charge in [-0.3, -0.25) is 4.79 Å². The fraction of sp³-hybridized carbons (Fsp3) is 0.462. The molecule has 100 valence electrons. The van der Waals surface area contributed by atoms with Gasteiger partial charge in [0, 0.05) is 18.3 Å². The van der Waals surface area contributed by atoms with E-state index >= 15 is 0 Å². The molecule has 4 nitrogen and oxygen atoms in total. The van der Waals surface area contributed by atoms with Crippen molar-refractivity contribution in [1.29, 1.82) is 0 Å². The Morgan fingerprint density at radius 3 is 2.89 bits per heavy atom. The van der Waals surface area contributed by atoms with Crippen LogP contribution in [0.15, 0.2) is 22.7 Å². The van der Waals surface area contributed by atoms with Gasteiger partial charge in [0.1, 0.15) is 5.75 Å². The zero-order chi connectivity index (χ0) is 13.5. The van der Waals surface area contributed by atoms with Gasteiger partial charge in [-0.05, 0) is 40.4 Å². The first-order valence-electron chi connectivity index (χ1n) is 5.93. The summed E-state index contributed by atoms with van der Waals surface area (Å²) in [7, 11) is 0. The Kier molecular flexibility index (Phi) is 5.98. The van der Waals surface area contributed by atoms with E-state index in [2.05, 4.69) is 35.1 Å². The third kappa shape index (κ3) is 5.40. The number of rotatable bonds is 6. The second-order valence-electron chi connectivity index (χ2n) is 4.51. The quantitative estimate of drug-likeness (QED) is 0.793. The second kappa shape index (κ2) is 7.26. The summed E-state index contributed by atoms with van der Waals surface area (Å²) in [4.78, 5) is 11.5. The number of nitrogen functional groups attached to an aromatic ring is 1. The Hall–Kier alpha value is -1.23. The van der Waals surface area contributed by atoms with Gasteiger partial charge in [0.25, 0.3) is 5.91 Å². The van der Waals surface area contributed by atoms with Crippen LogP contribution in [0.4, 0.5) is 5.69 Å². The molecule has 1 rings (SSSR count). The second-order valence-corrected chi connectivity index (χ2v) is 5.37. The molecule has 3 N–H and O–H groups in total. The third-order valence-electron chi connectivity index (χ3n) is 2.36. The number of anilines is 1. The average molecular weight is 315 g/mol. The standard InChI is InChI=1S/C13H19BrN2O2/c1-9(2)5-6-16-13(17)8-18-12-7-10(15)3-4-11(12)14/h3-4,7,9H,5-6,8,15H2,1-2H3,(H,16,17). The first-order valence-corrected chi connectivity index (χ1v) is 6.73. The van der Waals surface area contributed by atoms with Gasteiger partial charge in [-0.15, -0.1) is 0 Å². The van der Waals surface area contributed by atoms with Crippen molar-refractivity contribution in [3.63, 3.8) is 0 Å². The van der Waals surface area contributed by atoms with E-state index in [1.165, 1.54) is 0 Å². The van der Waals surface area contributed by atoms with Crippen molar-refractivity contribution in [2.75, 3.05) is 18.9 Å². The van der Waals surface area contributed by atoms with Crippen LogP contribution in [0, 0.1) is 5.92 Å². The monoisotopic (exact) mass is 314 g/mol. The Balaban J connectivity index is 2.36. The zero-order valence-corrected chi connectivity index (χ0v) is 12.3. The summed E-state index contributed by atoms with van der Waals surface area (Å²) >= 11 is 3.34. The maximum Gasteiger partial charge on any atom is 0.257 e. The highest BCUT2D eigenvalue weighted by atomic mass is 79.9. The molecule has 0 aliphatic heterocycles. The maximum atomic E-state index is 11.5. The number of amides is 1. The molecule has 0 heterocycles. The molecule has 18 heavy (non-hydrogen) atoms. The lowest BCUT2D eigenvalue weighted by Crippen LogP contribution is -2.30. The number of hydrogen-bond donors (Lipinski definition) is 2. The number of nitrogens with two attached hydrogens (primary N) is 1. The number of halogens is 1. The summed E-state index contributed by atoms with van der Waals surface area (Å²) in [5.74, 6) is 1.04. The Morgan fingerprint density at radius 1 is 1.50 bits per heavy atom. The van der Waals surface area contributed by atoms with Crippen molar-refractivity contribution in [3.8, 4) is 5.75 Å². The topological polar surface area (TPSA) is 64.3 Å². The Morgan fingerprint density at radius 2 is 2.22 bits per heavy atom. The molecule has 0 bridgehead atoms. The minimum absolute atomic E-state index is 0.000147. The summed E-state index contributed by atoms with van der Waals surface area (Å²) in [5, 5.41) is 2.81. The van der Waals surface area contributed by atoms with Crippen LogP contribution < -0.4 is 15.8 Å². The molecule has 0 aliphatic carbocycles. The van der Waals surface area contributed by atoms with Crippen LogP contribution in [0.2, 0.25) is 0 Å². The van der Waals surface area contributed by atoms with E-state index in [1.54, 1.807) is 18.2 Å². The van der Waals surface area contributed by atoms with Crippen LogP contribution in [0.25, 0.3) is 0 Å². The van der Waals surface area contributed by atoms with Crippen LogP contribution in [0.1, 0.15) is 20.3 Å². The van der Waals surface area contributed by atoms with Crippen molar-refractivity contribution >= 4 is 27.5 Å². The van der Waals surface area contributed by atoms with Crippen molar-refractivity contribution in [3.05, 3.63) is 22.7 Å². The van der Waals surface area contributed by atoms with Crippen molar-refractivity contribution in [2.45, 2.75) is 20.3 Å². The minimum Gasteiger partial charge on any atom is -0.483 e. The molecule has 0 saturated carbocycles. The van der Waals surface area contributed by atoms with E-state index < -0.39 is 0 Å². The van der Waals surface area contributed by atoms with Crippen LogP contribution in [0.5, 0.6) is 5.75 Å². The fourth-order valence-corrected chi connectivity index (χ4v) is 1.69. The number of ether oxygens (including phenoxy) is 1. The SMILES string of the molecule is CC(C)CCNC(=O)COc1cc(N)ccc1Br. The lowest BCUT2D eigenvalue weighted by molar-refractivity contribution is -0.123. The van der Waals surface area contributed by atoms with Gasteiger partial charge in [0.2, 0.25) is 0 Å². The normalized spacial score (nSPS) is 10.4. The number of benzene rings is 1. The highest BCUT2D eigenvalue weighted by Crippen LogP contribution is 2.26. The molecular formula is C13H19BrN2O2. The van der Waals surface area contributed by atoms with E-state index in [1.807, 2.05) is 0 Å². The van der Waals surface area contributed by atoms with E-state index in [9.17, 15) is 4.79 Å². The van der Waals surface area contributed by atoms with Gasteiger partial charge in [0.05, 0.1) is 4.47 Å². The van der Waals surface area contributed by atoms with Crippen LogP contribution in [0.3, 0.4) is 0 Å². The lowest BCUT2D eigenvalue weighted by atomic mass is 10.1.